The molecule has 1 saturated heterocycles. The van der Waals surface area contributed by atoms with E-state index in [1.165, 1.54) is 18.3 Å². The number of aromatic amines is 1. The van der Waals surface area contributed by atoms with Crippen LogP contribution in [0.2, 0.25) is 0 Å². The van der Waals surface area contributed by atoms with Crippen LogP contribution in [0.15, 0.2) is 63.4 Å². The highest BCUT2D eigenvalue weighted by molar-refractivity contribution is 6.38. The van der Waals surface area contributed by atoms with Gasteiger partial charge in [-0.3, -0.25) is 14.6 Å². The minimum Gasteiger partial charge on any atom is -0.336 e. The standard InChI is InChI=1S/C23H23FN6O2/c1-29-8-10-30(11-9-29)23(32)15-3-6-18(7-4-15)26-14-21(28-25)19-12-16-2-5-17(24)13-20(16)27-22(19)31/h2-7,12-14H,8-11,25H2,1H3,(H,27,31). The second-order valence-electron chi connectivity index (χ2n) is 7.66. The molecule has 0 bridgehead atoms. The molecule has 8 nitrogen and oxygen atoms in total. The number of nitrogens with one attached hydrogen (secondary N) is 1. The lowest BCUT2D eigenvalue weighted by molar-refractivity contribution is 0.0664. The highest BCUT2D eigenvalue weighted by atomic mass is 19.1. The Balaban J connectivity index is 1.51. The molecule has 1 aromatic heterocycles. The molecule has 0 radical (unpaired) electrons. The summed E-state index contributed by atoms with van der Waals surface area (Å²) in [5, 5.41) is 4.32. The van der Waals surface area contributed by atoms with Crippen molar-refractivity contribution in [2.24, 2.45) is 15.9 Å². The van der Waals surface area contributed by atoms with Crippen LogP contribution >= 0.6 is 0 Å². The third-order valence-corrected chi connectivity index (χ3v) is 5.46. The number of nitrogens with two attached hydrogens (primary N) is 1. The van der Waals surface area contributed by atoms with Gasteiger partial charge >= 0.3 is 0 Å². The first-order valence-electron chi connectivity index (χ1n) is 10.2. The van der Waals surface area contributed by atoms with Gasteiger partial charge in [0.15, 0.2) is 0 Å². The Morgan fingerprint density at radius 1 is 1.09 bits per heavy atom. The number of carbonyl (C=O) groups is 1. The number of aromatic nitrogens is 1. The van der Waals surface area contributed by atoms with Crippen LogP contribution in [0, 0.1) is 5.82 Å². The van der Waals surface area contributed by atoms with Crippen molar-refractivity contribution < 1.29 is 9.18 Å². The number of hydrogen-bond acceptors (Lipinski definition) is 6. The van der Waals surface area contributed by atoms with E-state index in [0.717, 1.165) is 13.1 Å². The Labute approximate surface area is 183 Å². The third-order valence-electron chi connectivity index (χ3n) is 5.46. The normalized spacial score (nSPS) is 15.6. The maximum Gasteiger partial charge on any atom is 0.258 e. The molecule has 0 atom stereocenters. The lowest BCUT2D eigenvalue weighted by Gasteiger charge is -2.32. The van der Waals surface area contributed by atoms with Crippen LogP contribution in [0.1, 0.15) is 15.9 Å². The number of amides is 1. The highest BCUT2D eigenvalue weighted by Crippen LogP contribution is 2.16. The minimum absolute atomic E-state index is 0.00280. The monoisotopic (exact) mass is 434 g/mol. The lowest BCUT2D eigenvalue weighted by Crippen LogP contribution is -2.47. The minimum atomic E-state index is -0.452. The SMILES string of the molecule is CN1CCN(C(=O)c2ccc(N=CC(=NN)c3cc4ccc(F)cc4[nH]c3=O)cc2)CC1. The van der Waals surface area contributed by atoms with Crippen LogP contribution in [0.4, 0.5) is 10.1 Å². The summed E-state index contributed by atoms with van der Waals surface area (Å²) in [6.45, 7) is 3.13. The molecule has 2 aromatic carbocycles. The fourth-order valence-electron chi connectivity index (χ4n) is 3.55. The molecule has 1 aliphatic heterocycles. The van der Waals surface area contributed by atoms with Crippen molar-refractivity contribution >= 4 is 34.4 Å². The molecule has 2 heterocycles. The van der Waals surface area contributed by atoms with E-state index >= 15 is 0 Å². The first-order valence-corrected chi connectivity index (χ1v) is 10.2. The zero-order chi connectivity index (χ0) is 22.7. The average molecular weight is 434 g/mol. The van der Waals surface area contributed by atoms with E-state index in [4.69, 9.17) is 5.84 Å². The topological polar surface area (TPSA) is 107 Å². The van der Waals surface area contributed by atoms with Crippen LogP contribution in [-0.2, 0) is 0 Å². The van der Waals surface area contributed by atoms with Crippen molar-refractivity contribution in [3.63, 3.8) is 0 Å². The summed E-state index contributed by atoms with van der Waals surface area (Å²) in [7, 11) is 2.04. The number of hydrogen-bond donors (Lipinski definition) is 2. The van der Waals surface area contributed by atoms with Crippen LogP contribution in [0.5, 0.6) is 0 Å². The first kappa shape index (κ1) is 21.4. The van der Waals surface area contributed by atoms with Gasteiger partial charge in [0.25, 0.3) is 11.5 Å². The van der Waals surface area contributed by atoms with Gasteiger partial charge in [-0.1, -0.05) is 0 Å². The second-order valence-corrected chi connectivity index (χ2v) is 7.66. The second kappa shape index (κ2) is 9.11. The Hall–Kier alpha value is -3.85. The molecule has 4 rings (SSSR count). The van der Waals surface area contributed by atoms with Crippen LogP contribution in [-0.4, -0.2) is 65.8 Å². The maximum atomic E-state index is 13.4. The zero-order valence-corrected chi connectivity index (χ0v) is 17.6. The summed E-state index contributed by atoms with van der Waals surface area (Å²) in [4.78, 5) is 36.1. The summed E-state index contributed by atoms with van der Waals surface area (Å²) in [5.74, 6) is 5.05. The smallest absolute Gasteiger partial charge is 0.258 e. The number of halogens is 1. The fourth-order valence-corrected chi connectivity index (χ4v) is 3.55. The Morgan fingerprint density at radius 3 is 2.50 bits per heavy atom. The van der Waals surface area contributed by atoms with E-state index in [1.54, 1.807) is 36.4 Å². The van der Waals surface area contributed by atoms with Crippen LogP contribution in [0.3, 0.4) is 0 Å². The van der Waals surface area contributed by atoms with Gasteiger partial charge in [-0.2, -0.15) is 5.10 Å². The van der Waals surface area contributed by atoms with Gasteiger partial charge < -0.3 is 20.6 Å². The van der Waals surface area contributed by atoms with Crippen molar-refractivity contribution in [1.29, 1.82) is 0 Å². The Bertz CT molecular complexity index is 1260. The van der Waals surface area contributed by atoms with Gasteiger partial charge in [-0.25, -0.2) is 4.39 Å². The van der Waals surface area contributed by atoms with Crippen molar-refractivity contribution in [3.05, 3.63) is 75.8 Å². The largest absolute Gasteiger partial charge is 0.336 e. The molecule has 164 valence electrons. The van der Waals surface area contributed by atoms with Crippen molar-refractivity contribution in [1.82, 2.24) is 14.8 Å². The number of hydrazone groups is 1. The molecule has 1 amide bonds. The third kappa shape index (κ3) is 4.57. The summed E-state index contributed by atoms with van der Waals surface area (Å²) in [6.07, 6.45) is 1.39. The average Bonchev–Trinajstić information content (AvgIpc) is 2.80. The molecule has 0 saturated carbocycles. The number of likely N-dealkylation sites (N-methyl/N-ethyl adjacent to an activating group) is 1. The van der Waals surface area contributed by atoms with Gasteiger partial charge in [0.1, 0.15) is 11.5 Å². The number of nitrogens with zero attached hydrogens (tertiary/aromatic N) is 4. The molecule has 0 spiro atoms. The van der Waals surface area contributed by atoms with Crippen molar-refractivity contribution in [2.75, 3.05) is 33.2 Å². The lowest BCUT2D eigenvalue weighted by atomic mass is 10.1. The number of carbonyl (C=O) groups excluding carboxylic acids is 1. The predicted octanol–water partition coefficient (Wildman–Crippen LogP) is 2.12. The Kier molecular flexibility index (Phi) is 6.09. The molecule has 32 heavy (non-hydrogen) atoms. The molecule has 3 aromatic rings. The van der Waals surface area contributed by atoms with Gasteiger partial charge in [0, 0.05) is 31.7 Å². The van der Waals surface area contributed by atoms with E-state index in [2.05, 4.69) is 20.0 Å². The Morgan fingerprint density at radius 2 is 1.81 bits per heavy atom. The van der Waals surface area contributed by atoms with Gasteiger partial charge in [-0.05, 0) is 61.0 Å². The van der Waals surface area contributed by atoms with Gasteiger partial charge in [0.05, 0.1) is 23.0 Å². The number of piperazine rings is 1. The molecule has 0 aliphatic carbocycles. The first-order chi connectivity index (χ1) is 15.4. The quantitative estimate of drug-likeness (QED) is 0.373. The highest BCUT2D eigenvalue weighted by Gasteiger charge is 2.20. The van der Waals surface area contributed by atoms with E-state index in [0.29, 0.717) is 35.2 Å². The fraction of sp³-hybridized carbons (Fsp3) is 0.217. The number of H-pyrrole nitrogens is 1. The zero-order valence-electron chi connectivity index (χ0n) is 17.6. The van der Waals surface area contributed by atoms with Gasteiger partial charge in [0.2, 0.25) is 0 Å². The number of aliphatic imine (C=N–C) groups is 1. The van der Waals surface area contributed by atoms with Crippen molar-refractivity contribution in [2.45, 2.75) is 0 Å². The number of benzene rings is 2. The maximum absolute atomic E-state index is 13.4. The van der Waals surface area contributed by atoms with Gasteiger partial charge in [-0.15, -0.1) is 0 Å². The summed E-state index contributed by atoms with van der Waals surface area (Å²) in [5.41, 5.74) is 1.51. The number of pyridine rings is 1. The molecule has 1 fully saturated rings. The number of rotatable bonds is 4. The molecular formula is C23H23FN6O2. The molecular weight excluding hydrogens is 411 g/mol. The number of fused-ring (bicyclic) bond motifs is 1. The van der Waals surface area contributed by atoms with E-state index < -0.39 is 11.4 Å². The van der Waals surface area contributed by atoms with E-state index in [1.807, 2.05) is 11.9 Å². The summed E-state index contributed by atoms with van der Waals surface area (Å²) < 4.78 is 13.4. The van der Waals surface area contributed by atoms with Crippen LogP contribution in [0.25, 0.3) is 10.9 Å². The molecule has 9 heteroatoms. The summed E-state index contributed by atoms with van der Waals surface area (Å²) in [6, 6.07) is 12.6. The summed E-state index contributed by atoms with van der Waals surface area (Å²) >= 11 is 0. The van der Waals surface area contributed by atoms with Crippen LogP contribution < -0.4 is 11.4 Å². The van der Waals surface area contributed by atoms with E-state index in [9.17, 15) is 14.0 Å². The molecule has 0 unspecified atom stereocenters. The molecule has 3 N–H and O–H groups in total. The van der Waals surface area contributed by atoms with E-state index in [-0.39, 0.29) is 17.2 Å². The molecule has 1 aliphatic rings. The predicted molar refractivity (Wildman–Crippen MR) is 123 cm³/mol. The van der Waals surface area contributed by atoms with Crippen molar-refractivity contribution in [3.8, 4) is 0 Å².